The number of rotatable bonds is 3. The molecule has 3 aromatic carbocycles. The van der Waals surface area contributed by atoms with E-state index in [1.807, 2.05) is 66.2 Å². The van der Waals surface area contributed by atoms with Gasteiger partial charge in [0.15, 0.2) is 17.5 Å². The Morgan fingerprint density at radius 3 is 2.50 bits per heavy atom. The minimum Gasteiger partial charge on any atom is -0.337 e. The molecule has 0 radical (unpaired) electrons. The van der Waals surface area contributed by atoms with E-state index in [1.54, 1.807) is 11.3 Å². The van der Waals surface area contributed by atoms with Gasteiger partial charge in [0.2, 0.25) is 0 Å². The van der Waals surface area contributed by atoms with E-state index in [1.165, 1.54) is 4.88 Å². The van der Waals surface area contributed by atoms with Gasteiger partial charge in [-0.15, -0.1) is 11.3 Å². The van der Waals surface area contributed by atoms with Gasteiger partial charge in [0, 0.05) is 21.2 Å². The summed E-state index contributed by atoms with van der Waals surface area (Å²) in [6, 6.07) is 28.5. The maximum Gasteiger partial charge on any atom is 0.179 e. The van der Waals surface area contributed by atoms with Gasteiger partial charge in [-0.3, -0.25) is 0 Å². The summed E-state index contributed by atoms with van der Waals surface area (Å²) in [5, 5.41) is 11.3. The van der Waals surface area contributed by atoms with Crippen molar-refractivity contribution in [1.29, 1.82) is 0 Å². The number of hydrogen-bond donors (Lipinski definition) is 1. The zero-order valence-corrected chi connectivity index (χ0v) is 22.3. The molecule has 0 bridgehead atoms. The van der Waals surface area contributed by atoms with Gasteiger partial charge in [-0.2, -0.15) is 5.10 Å². The quantitative estimate of drug-likeness (QED) is 0.255. The third kappa shape index (κ3) is 3.66. The highest BCUT2D eigenvalue weighted by atomic mass is 35.5. The maximum absolute atomic E-state index is 6.47. The van der Waals surface area contributed by atoms with Crippen LogP contribution in [0.15, 0.2) is 100 Å². The first kappa shape index (κ1) is 23.0. The molecular formula is C30H23ClN6S. The number of hydrogen-bond acceptors (Lipinski definition) is 6. The van der Waals surface area contributed by atoms with Crippen molar-refractivity contribution in [3.63, 3.8) is 0 Å². The van der Waals surface area contributed by atoms with Crippen molar-refractivity contribution in [3.8, 4) is 5.69 Å². The summed E-state index contributed by atoms with van der Waals surface area (Å²) in [5.74, 6) is 2.21. The number of nitrogens with zero attached hydrogens (tertiary/aromatic N) is 5. The number of aliphatic imine (C=N–C) groups is 2. The van der Waals surface area contributed by atoms with Crippen molar-refractivity contribution in [1.82, 2.24) is 9.78 Å². The molecule has 2 aliphatic rings. The molecule has 1 unspecified atom stereocenters. The van der Waals surface area contributed by atoms with Crippen molar-refractivity contribution in [2.75, 3.05) is 10.2 Å². The minimum atomic E-state index is -0.106. The summed E-state index contributed by atoms with van der Waals surface area (Å²) in [7, 11) is 0. The predicted molar refractivity (Wildman–Crippen MR) is 157 cm³/mol. The highest BCUT2D eigenvalue weighted by Gasteiger charge is 2.41. The third-order valence-electron chi connectivity index (χ3n) is 6.89. The van der Waals surface area contributed by atoms with Crippen LogP contribution >= 0.6 is 22.9 Å². The number of anilines is 2. The lowest BCUT2D eigenvalue weighted by Gasteiger charge is -2.40. The number of amidine groups is 2. The number of thiophene rings is 1. The Balaban J connectivity index is 1.48. The average Bonchev–Trinajstić information content (AvgIpc) is 3.59. The first-order valence-corrected chi connectivity index (χ1v) is 13.6. The Labute approximate surface area is 229 Å². The number of aromatic nitrogens is 2. The zero-order chi connectivity index (χ0) is 25.8. The Kier molecular flexibility index (Phi) is 5.42. The summed E-state index contributed by atoms with van der Waals surface area (Å²) in [4.78, 5) is 13.8. The second kappa shape index (κ2) is 8.97. The topological polar surface area (TPSA) is 57.8 Å². The summed E-state index contributed by atoms with van der Waals surface area (Å²) in [6.45, 7) is 4.06. The van der Waals surface area contributed by atoms with E-state index in [9.17, 15) is 0 Å². The van der Waals surface area contributed by atoms with Gasteiger partial charge in [0.1, 0.15) is 6.04 Å². The second-order valence-electron chi connectivity index (χ2n) is 9.33. The molecule has 0 fully saturated rings. The maximum atomic E-state index is 6.47. The molecule has 4 heterocycles. The van der Waals surface area contributed by atoms with E-state index in [0.29, 0.717) is 10.9 Å². The largest absolute Gasteiger partial charge is 0.337 e. The van der Waals surface area contributed by atoms with Crippen molar-refractivity contribution >= 4 is 57.5 Å². The number of benzene rings is 3. The predicted octanol–water partition coefficient (Wildman–Crippen LogP) is 8.00. The molecule has 0 spiro atoms. The lowest BCUT2D eigenvalue weighted by molar-refractivity contribution is 0.830. The molecule has 1 N–H and O–H groups in total. The molecule has 5 aromatic rings. The Morgan fingerprint density at radius 1 is 0.895 bits per heavy atom. The molecule has 0 saturated heterocycles. The van der Waals surface area contributed by atoms with Gasteiger partial charge < -0.3 is 10.2 Å². The minimum absolute atomic E-state index is 0.106. The van der Waals surface area contributed by atoms with Gasteiger partial charge in [0.25, 0.3) is 0 Å². The molecule has 7 rings (SSSR count). The Hall–Kier alpha value is -4.20. The number of fused-ring (bicyclic) bond motifs is 4. The molecule has 2 aromatic heterocycles. The highest BCUT2D eigenvalue weighted by molar-refractivity contribution is 7.10. The van der Waals surface area contributed by atoms with Crippen LogP contribution in [0.2, 0.25) is 5.02 Å². The smallest absolute Gasteiger partial charge is 0.179 e. The van der Waals surface area contributed by atoms with Crippen LogP contribution in [-0.2, 0) is 0 Å². The van der Waals surface area contributed by atoms with Gasteiger partial charge in [0.05, 0.1) is 22.8 Å². The molecule has 0 amide bonds. The Morgan fingerprint density at radius 2 is 1.71 bits per heavy atom. The van der Waals surface area contributed by atoms with Crippen LogP contribution in [0.1, 0.15) is 27.7 Å². The van der Waals surface area contributed by atoms with Crippen molar-refractivity contribution in [3.05, 3.63) is 117 Å². The monoisotopic (exact) mass is 534 g/mol. The first-order valence-electron chi connectivity index (χ1n) is 12.4. The lowest BCUT2D eigenvalue weighted by Crippen LogP contribution is -2.46. The van der Waals surface area contributed by atoms with Crippen LogP contribution in [0, 0.1) is 13.8 Å². The van der Waals surface area contributed by atoms with E-state index in [-0.39, 0.29) is 6.04 Å². The Bertz CT molecular complexity index is 1740. The van der Waals surface area contributed by atoms with Crippen molar-refractivity contribution in [2.45, 2.75) is 19.9 Å². The van der Waals surface area contributed by atoms with E-state index in [0.717, 1.165) is 51.2 Å². The van der Waals surface area contributed by atoms with Gasteiger partial charge >= 0.3 is 0 Å². The zero-order valence-electron chi connectivity index (χ0n) is 20.8. The second-order valence-corrected chi connectivity index (χ2v) is 10.7. The average molecular weight is 535 g/mol. The van der Waals surface area contributed by atoms with Crippen LogP contribution in [0.5, 0.6) is 0 Å². The van der Waals surface area contributed by atoms with Crippen LogP contribution in [0.4, 0.5) is 22.9 Å². The van der Waals surface area contributed by atoms with Crippen LogP contribution < -0.4 is 10.2 Å². The van der Waals surface area contributed by atoms with Crippen LogP contribution in [0.25, 0.3) is 5.69 Å². The molecule has 2 aliphatic heterocycles. The molecule has 6 nitrogen and oxygen atoms in total. The third-order valence-corrected chi connectivity index (χ3v) is 8.22. The van der Waals surface area contributed by atoms with Crippen LogP contribution in [0.3, 0.4) is 0 Å². The van der Waals surface area contributed by atoms with Gasteiger partial charge in [-0.1, -0.05) is 54.1 Å². The van der Waals surface area contributed by atoms with Gasteiger partial charge in [-0.25, -0.2) is 14.7 Å². The number of halogens is 1. The highest BCUT2D eigenvalue weighted by Crippen LogP contribution is 2.49. The summed E-state index contributed by atoms with van der Waals surface area (Å²) in [6.07, 6.45) is 0. The van der Waals surface area contributed by atoms with Crippen molar-refractivity contribution in [2.24, 2.45) is 9.98 Å². The lowest BCUT2D eigenvalue weighted by atomic mass is 9.98. The number of para-hydroxylation sites is 3. The van der Waals surface area contributed by atoms with Gasteiger partial charge in [-0.05, 0) is 67.3 Å². The molecule has 0 aliphatic carbocycles. The molecule has 1 atom stereocenters. The fraction of sp³-hybridized carbons (Fsp3) is 0.100. The van der Waals surface area contributed by atoms with E-state index in [4.69, 9.17) is 26.7 Å². The number of aryl methyl sites for hydroxylation is 2. The summed E-state index contributed by atoms with van der Waals surface area (Å²) in [5.41, 5.74) is 6.77. The molecule has 0 saturated carbocycles. The normalized spacial score (nSPS) is 15.8. The SMILES string of the molecule is Cc1ccc(NC2=Nc3ccccc3N3C2=Nc2c(c(C)nn2-c2ccccc2)C3c2cccs2)cc1Cl. The number of nitrogens with one attached hydrogen (secondary N) is 1. The first-order chi connectivity index (χ1) is 18.6. The fourth-order valence-corrected chi connectivity index (χ4v) is 6.07. The molecule has 186 valence electrons. The van der Waals surface area contributed by atoms with E-state index >= 15 is 0 Å². The molecule has 8 heteroatoms. The van der Waals surface area contributed by atoms with E-state index in [2.05, 4.69) is 52.9 Å². The standard InChI is InChI=1S/C30H23ClN6S/c1-18-14-15-20(17-22(18)31)32-28-30-34-29-26(19(2)35-37(29)21-9-4-3-5-10-21)27(25-13-8-16-38-25)36(30)24-12-7-6-11-23(24)33-28/h3-17,27H,1-2H3,(H,32,33). The molecule has 38 heavy (non-hydrogen) atoms. The summed E-state index contributed by atoms with van der Waals surface area (Å²) < 4.78 is 1.94. The van der Waals surface area contributed by atoms with Crippen molar-refractivity contribution < 1.29 is 0 Å². The fourth-order valence-electron chi connectivity index (χ4n) is 5.07. The molecular weight excluding hydrogens is 512 g/mol. The summed E-state index contributed by atoms with van der Waals surface area (Å²) >= 11 is 8.20. The van der Waals surface area contributed by atoms with E-state index < -0.39 is 0 Å². The van der Waals surface area contributed by atoms with Crippen LogP contribution in [-0.4, -0.2) is 21.5 Å².